The Morgan fingerprint density at radius 2 is 2.02 bits per heavy atom. The van der Waals surface area contributed by atoms with Gasteiger partial charge in [-0.05, 0) is 79.8 Å². The van der Waals surface area contributed by atoms with Gasteiger partial charge in [-0.1, -0.05) is 36.1 Å². The molecule has 0 unspecified atom stereocenters. The average molecular weight is 638 g/mol. The van der Waals surface area contributed by atoms with Gasteiger partial charge in [0.1, 0.15) is 28.3 Å². The molecule has 236 valence electrons. The number of thiazole rings is 1. The first-order chi connectivity index (χ1) is 22.2. The van der Waals surface area contributed by atoms with Crippen molar-refractivity contribution in [3.8, 4) is 17.3 Å². The zero-order valence-electron chi connectivity index (χ0n) is 26.5. The number of aliphatic imine (C=N–C) groups is 1. The third kappa shape index (κ3) is 6.67. The van der Waals surface area contributed by atoms with Gasteiger partial charge in [0, 0.05) is 55.3 Å². The Bertz CT molecular complexity index is 1780. The van der Waals surface area contributed by atoms with Crippen molar-refractivity contribution in [2.45, 2.75) is 40.0 Å². The summed E-state index contributed by atoms with van der Waals surface area (Å²) in [5.41, 5.74) is 6.94. The molecule has 0 atom stereocenters. The van der Waals surface area contributed by atoms with Crippen molar-refractivity contribution in [3.05, 3.63) is 110 Å². The molecule has 5 rings (SSSR count). The van der Waals surface area contributed by atoms with Crippen LogP contribution in [0.5, 0.6) is 0 Å². The maximum Gasteiger partial charge on any atom is 0.227 e. The number of hydrogen-bond acceptors (Lipinski definition) is 9. The lowest BCUT2D eigenvalue weighted by Gasteiger charge is -2.39. The Kier molecular flexibility index (Phi) is 9.87. The summed E-state index contributed by atoms with van der Waals surface area (Å²) in [6, 6.07) is 8.28. The predicted octanol–water partition coefficient (Wildman–Crippen LogP) is 7.46. The molecular formula is C35H36FN7O2S. The van der Waals surface area contributed by atoms with Crippen molar-refractivity contribution in [3.63, 3.8) is 0 Å². The van der Waals surface area contributed by atoms with Crippen LogP contribution in [-0.2, 0) is 4.79 Å². The van der Waals surface area contributed by atoms with E-state index >= 15 is 0 Å². The fourth-order valence-corrected chi connectivity index (χ4v) is 6.61. The maximum atomic E-state index is 13.6. The van der Waals surface area contributed by atoms with Crippen molar-refractivity contribution in [1.29, 1.82) is 5.26 Å². The van der Waals surface area contributed by atoms with Crippen molar-refractivity contribution in [1.82, 2.24) is 14.8 Å². The van der Waals surface area contributed by atoms with Crippen LogP contribution in [0.1, 0.15) is 44.9 Å². The van der Waals surface area contributed by atoms with Crippen LogP contribution in [0.2, 0.25) is 0 Å². The van der Waals surface area contributed by atoms with E-state index in [1.165, 1.54) is 34.6 Å². The van der Waals surface area contributed by atoms with E-state index < -0.39 is 0 Å². The van der Waals surface area contributed by atoms with E-state index in [9.17, 15) is 19.4 Å². The van der Waals surface area contributed by atoms with E-state index in [2.05, 4.69) is 48.8 Å². The third-order valence-corrected chi connectivity index (χ3v) is 9.29. The summed E-state index contributed by atoms with van der Waals surface area (Å²) in [5, 5.41) is 13.5. The molecule has 0 radical (unpaired) electrons. The van der Waals surface area contributed by atoms with E-state index in [1.54, 1.807) is 23.2 Å². The minimum atomic E-state index is -0.345. The second-order valence-electron chi connectivity index (χ2n) is 11.5. The van der Waals surface area contributed by atoms with E-state index in [4.69, 9.17) is 9.98 Å². The van der Waals surface area contributed by atoms with Gasteiger partial charge in [0.25, 0.3) is 0 Å². The lowest BCUT2D eigenvalue weighted by molar-refractivity contribution is -0.136. The predicted molar refractivity (Wildman–Crippen MR) is 181 cm³/mol. The number of aromatic nitrogens is 1. The number of carbonyl (C=O) groups is 1. The summed E-state index contributed by atoms with van der Waals surface area (Å²) >= 11 is 1.30. The van der Waals surface area contributed by atoms with Crippen LogP contribution in [0.15, 0.2) is 105 Å². The van der Waals surface area contributed by atoms with Crippen LogP contribution in [0.25, 0.3) is 11.3 Å². The standard InChI is InChI=1S/C35H36FN7O2S/c1-6-25-15-23(4)30-13-10-27(29(7-2)38-17-22(3)14-32(44)42-19-24(20-42)18-39-45)21-43(30)34(25)41(5)35-40-33(31(16-37)46-35)26-8-11-28(36)12-9-26/h7-13,17,21,24H,3,6,14-15,18-20H2,1-2,4-5H3/b29-7-,38-17?. The van der Waals surface area contributed by atoms with Gasteiger partial charge in [-0.25, -0.2) is 9.37 Å². The van der Waals surface area contributed by atoms with Crippen LogP contribution in [-0.4, -0.2) is 53.6 Å². The zero-order chi connectivity index (χ0) is 33.0. The molecule has 46 heavy (non-hydrogen) atoms. The highest BCUT2D eigenvalue weighted by atomic mass is 32.1. The van der Waals surface area contributed by atoms with Crippen LogP contribution in [0.4, 0.5) is 9.52 Å². The number of nitrogens with zero attached hydrogens (tertiary/aromatic N) is 7. The molecule has 1 aromatic carbocycles. The van der Waals surface area contributed by atoms with E-state index in [1.807, 2.05) is 31.0 Å². The number of benzene rings is 1. The Balaban J connectivity index is 1.39. The largest absolute Gasteiger partial charge is 0.342 e. The summed E-state index contributed by atoms with van der Waals surface area (Å²) in [5.74, 6) is 0.723. The Labute approximate surface area is 272 Å². The minimum absolute atomic E-state index is 0.0368. The zero-order valence-corrected chi connectivity index (χ0v) is 27.3. The number of nitroso groups, excluding NO2 is 1. The quantitative estimate of drug-likeness (QED) is 0.187. The van der Waals surface area contributed by atoms with Crippen LogP contribution in [0.3, 0.4) is 0 Å². The highest BCUT2D eigenvalue weighted by Gasteiger charge is 2.31. The Morgan fingerprint density at radius 1 is 1.28 bits per heavy atom. The lowest BCUT2D eigenvalue weighted by Crippen LogP contribution is -2.51. The third-order valence-electron chi connectivity index (χ3n) is 8.25. The SMILES string of the molecule is C=C(C=N/C(=C\C)C1=CN2C(=C(C)CC(CC)=C2N(C)c2nc(-c3ccc(F)cc3)c(C#N)s2)C=C1)CC(=O)N1CC(CN=O)C1. The molecule has 0 N–H and O–H groups in total. The number of likely N-dealkylation sites (tertiary alicyclic amines) is 1. The Hall–Kier alpha value is -4.95. The average Bonchev–Trinajstić information content (AvgIpc) is 3.47. The Morgan fingerprint density at radius 3 is 2.67 bits per heavy atom. The van der Waals surface area contributed by atoms with Gasteiger partial charge in [0.2, 0.25) is 5.91 Å². The van der Waals surface area contributed by atoms with Crippen molar-refractivity contribution in [2.75, 3.05) is 31.6 Å². The number of nitriles is 1. The number of anilines is 1. The molecule has 2 aromatic rings. The van der Waals surface area contributed by atoms with Gasteiger partial charge < -0.3 is 14.7 Å². The lowest BCUT2D eigenvalue weighted by atomic mass is 9.95. The first-order valence-electron chi connectivity index (χ1n) is 15.1. The van der Waals surface area contributed by atoms with E-state index in [0.717, 1.165) is 35.6 Å². The molecule has 0 saturated carbocycles. The number of hydrogen-bond donors (Lipinski definition) is 0. The van der Waals surface area contributed by atoms with E-state index in [0.29, 0.717) is 39.9 Å². The topological polar surface area (TPSA) is 105 Å². The van der Waals surface area contributed by atoms with Crippen molar-refractivity contribution < 1.29 is 9.18 Å². The van der Waals surface area contributed by atoms with Gasteiger partial charge >= 0.3 is 0 Å². The van der Waals surface area contributed by atoms with Crippen molar-refractivity contribution in [2.24, 2.45) is 16.1 Å². The smallest absolute Gasteiger partial charge is 0.227 e. The highest BCUT2D eigenvalue weighted by Crippen LogP contribution is 2.41. The summed E-state index contributed by atoms with van der Waals surface area (Å²) in [7, 11) is 1.95. The molecule has 0 bridgehead atoms. The van der Waals surface area contributed by atoms with E-state index in [-0.39, 0.29) is 30.6 Å². The molecule has 1 fully saturated rings. The fraction of sp³-hybridized carbons (Fsp3) is 0.314. The molecule has 1 saturated heterocycles. The molecule has 1 aromatic heterocycles. The van der Waals surface area contributed by atoms with Crippen LogP contribution >= 0.6 is 11.3 Å². The summed E-state index contributed by atoms with van der Waals surface area (Å²) in [6.07, 6.45) is 11.5. The maximum absolute atomic E-state index is 13.6. The number of halogens is 1. The summed E-state index contributed by atoms with van der Waals surface area (Å²) in [4.78, 5) is 39.0. The molecular weight excluding hydrogens is 601 g/mol. The van der Waals surface area contributed by atoms with Gasteiger partial charge in [-0.2, -0.15) is 10.2 Å². The second-order valence-corrected chi connectivity index (χ2v) is 12.5. The van der Waals surface area contributed by atoms with Crippen molar-refractivity contribution >= 4 is 28.6 Å². The normalized spacial score (nSPS) is 16.8. The number of allylic oxidation sites excluding steroid dienone is 5. The second kappa shape index (κ2) is 14.0. The minimum Gasteiger partial charge on any atom is -0.342 e. The number of fused-ring (bicyclic) bond motifs is 1. The first-order valence-corrected chi connectivity index (χ1v) is 16.0. The highest BCUT2D eigenvalue weighted by molar-refractivity contribution is 7.16. The van der Waals surface area contributed by atoms with Gasteiger partial charge in [0.05, 0.1) is 18.7 Å². The molecule has 1 amide bonds. The number of carbonyl (C=O) groups excluding carboxylic acids is 1. The summed E-state index contributed by atoms with van der Waals surface area (Å²) < 4.78 is 13.6. The van der Waals surface area contributed by atoms with Gasteiger partial charge in [-0.3, -0.25) is 9.79 Å². The molecule has 4 heterocycles. The molecule has 0 aliphatic carbocycles. The first kappa shape index (κ1) is 32.4. The summed E-state index contributed by atoms with van der Waals surface area (Å²) in [6.45, 7) is 11.6. The van der Waals surface area contributed by atoms with Gasteiger partial charge in [-0.15, -0.1) is 0 Å². The molecule has 11 heteroatoms. The monoisotopic (exact) mass is 637 g/mol. The fourth-order valence-electron chi connectivity index (χ4n) is 5.76. The molecule has 3 aliphatic heterocycles. The molecule has 9 nitrogen and oxygen atoms in total. The van der Waals surface area contributed by atoms with Crippen LogP contribution in [0, 0.1) is 28.0 Å². The van der Waals surface area contributed by atoms with Crippen LogP contribution < -0.4 is 4.90 Å². The molecule has 3 aliphatic rings. The number of rotatable bonds is 11. The number of amides is 1. The van der Waals surface area contributed by atoms with Gasteiger partial charge in [0.15, 0.2) is 5.13 Å². The molecule has 0 spiro atoms.